The van der Waals surface area contributed by atoms with E-state index in [0.29, 0.717) is 19.4 Å². The summed E-state index contributed by atoms with van der Waals surface area (Å²) >= 11 is 0. The van der Waals surface area contributed by atoms with Gasteiger partial charge in [-0.05, 0) is 64.2 Å². The van der Waals surface area contributed by atoms with Crippen molar-refractivity contribution in [2.45, 2.75) is 270 Å². The van der Waals surface area contributed by atoms with E-state index in [1.165, 1.54) is 154 Å². The first-order chi connectivity index (χ1) is 28.5. The van der Waals surface area contributed by atoms with Crippen molar-refractivity contribution in [3.05, 3.63) is 36.5 Å². The Labute approximate surface area is 360 Å². The first kappa shape index (κ1) is 56.1. The Morgan fingerprint density at radius 2 is 0.845 bits per heavy atom. The smallest absolute Gasteiger partial charge is 0.305 e. The van der Waals surface area contributed by atoms with Gasteiger partial charge in [-0.3, -0.25) is 9.59 Å². The van der Waals surface area contributed by atoms with Gasteiger partial charge in [-0.15, -0.1) is 0 Å². The third kappa shape index (κ3) is 43.7. The minimum atomic E-state index is -0.849. The molecule has 0 aliphatic heterocycles. The molecule has 1 amide bonds. The molecule has 0 rings (SSSR count). The molecule has 2 atom stereocenters. The molecule has 0 bridgehead atoms. The molecule has 0 radical (unpaired) electrons. The number of hydrogen-bond donors (Lipinski definition) is 3. The number of aliphatic hydroxyl groups is 2. The Morgan fingerprint density at radius 1 is 0.483 bits per heavy atom. The van der Waals surface area contributed by atoms with Crippen molar-refractivity contribution < 1.29 is 24.5 Å². The number of carbonyl (C=O) groups excluding carboxylic acids is 2. The average molecular weight is 816 g/mol. The van der Waals surface area contributed by atoms with Crippen LogP contribution in [0.3, 0.4) is 0 Å². The lowest BCUT2D eigenvalue weighted by atomic mass is 10.0. The van der Waals surface area contributed by atoms with Gasteiger partial charge in [-0.25, -0.2) is 0 Å². The Morgan fingerprint density at radius 3 is 1.28 bits per heavy atom. The molecule has 0 aliphatic rings. The molecule has 0 saturated heterocycles. The number of allylic oxidation sites excluding steroid dienone is 5. The molecule has 6 nitrogen and oxygen atoms in total. The summed E-state index contributed by atoms with van der Waals surface area (Å²) in [5, 5.41) is 23.0. The van der Waals surface area contributed by atoms with Crippen molar-refractivity contribution in [1.29, 1.82) is 0 Å². The molecule has 340 valence electrons. The topological polar surface area (TPSA) is 95.9 Å². The van der Waals surface area contributed by atoms with Gasteiger partial charge in [0.05, 0.1) is 25.4 Å². The quantitative estimate of drug-likeness (QED) is 0.0246. The van der Waals surface area contributed by atoms with Gasteiger partial charge in [-0.1, -0.05) is 217 Å². The SMILES string of the molecule is CCCCCCCCCCC/C=C/C(O)C(CO)NC(=O)CCCCCCCCCCCC/C=C\C=C/CCCCCOC(=O)CCCCCCCCCCCCC. The molecular weight excluding hydrogens is 719 g/mol. The largest absolute Gasteiger partial charge is 0.466 e. The van der Waals surface area contributed by atoms with Crippen LogP contribution >= 0.6 is 0 Å². The summed E-state index contributed by atoms with van der Waals surface area (Å²) < 4.78 is 5.42. The normalized spacial score (nSPS) is 13.0. The molecule has 6 heteroatoms. The van der Waals surface area contributed by atoms with E-state index in [2.05, 4.69) is 43.5 Å². The van der Waals surface area contributed by atoms with E-state index in [9.17, 15) is 19.8 Å². The number of ether oxygens (including phenoxy) is 1. The molecule has 0 fully saturated rings. The lowest BCUT2D eigenvalue weighted by molar-refractivity contribution is -0.143. The zero-order chi connectivity index (χ0) is 42.3. The van der Waals surface area contributed by atoms with Crippen LogP contribution in [0, 0.1) is 0 Å². The number of hydrogen-bond acceptors (Lipinski definition) is 5. The summed E-state index contributed by atoms with van der Waals surface area (Å²) in [7, 11) is 0. The number of nitrogens with one attached hydrogen (secondary N) is 1. The van der Waals surface area contributed by atoms with Crippen LogP contribution in [0.15, 0.2) is 36.5 Å². The number of amides is 1. The molecule has 0 aromatic heterocycles. The van der Waals surface area contributed by atoms with Gasteiger partial charge in [0.1, 0.15) is 0 Å². The zero-order valence-corrected chi connectivity index (χ0v) is 38.5. The molecule has 0 aromatic rings. The van der Waals surface area contributed by atoms with E-state index in [0.717, 1.165) is 77.0 Å². The summed E-state index contributed by atoms with van der Waals surface area (Å²) in [5.41, 5.74) is 0. The van der Waals surface area contributed by atoms with E-state index >= 15 is 0 Å². The molecule has 0 aromatic carbocycles. The van der Waals surface area contributed by atoms with E-state index in [1.54, 1.807) is 6.08 Å². The Hall–Kier alpha value is -1.92. The van der Waals surface area contributed by atoms with Crippen molar-refractivity contribution in [2.24, 2.45) is 0 Å². The van der Waals surface area contributed by atoms with Gasteiger partial charge in [0, 0.05) is 12.8 Å². The predicted octanol–water partition coefficient (Wildman–Crippen LogP) is 14.9. The molecular formula is C52H97NO5. The van der Waals surface area contributed by atoms with Crippen LogP contribution in [0.25, 0.3) is 0 Å². The second-order valence-corrected chi connectivity index (χ2v) is 17.2. The fourth-order valence-electron chi connectivity index (χ4n) is 7.50. The van der Waals surface area contributed by atoms with Gasteiger partial charge < -0.3 is 20.3 Å². The Balaban J connectivity index is 3.51. The molecule has 58 heavy (non-hydrogen) atoms. The molecule has 0 heterocycles. The van der Waals surface area contributed by atoms with Crippen molar-refractivity contribution in [3.63, 3.8) is 0 Å². The van der Waals surface area contributed by atoms with Crippen LogP contribution in [0.1, 0.15) is 258 Å². The maximum Gasteiger partial charge on any atom is 0.305 e. The van der Waals surface area contributed by atoms with Crippen LogP contribution in [0.2, 0.25) is 0 Å². The lowest BCUT2D eigenvalue weighted by Crippen LogP contribution is -2.45. The number of esters is 1. The van der Waals surface area contributed by atoms with Crippen molar-refractivity contribution in [2.75, 3.05) is 13.2 Å². The molecule has 0 spiro atoms. The number of aliphatic hydroxyl groups excluding tert-OH is 2. The summed E-state index contributed by atoms with van der Waals surface area (Å²) in [4.78, 5) is 24.3. The highest BCUT2D eigenvalue weighted by atomic mass is 16.5. The average Bonchev–Trinajstić information content (AvgIpc) is 3.22. The van der Waals surface area contributed by atoms with Gasteiger partial charge in [0.2, 0.25) is 5.91 Å². The standard InChI is InChI=1S/C52H97NO5/c1-3-5-7-9-11-13-24-28-32-36-40-44-50(55)49(48-54)53-51(56)45-41-37-33-29-26-22-20-18-16-15-17-19-21-23-27-31-35-39-43-47-58-52(57)46-42-38-34-30-25-14-12-10-8-6-4-2/h19,21,23,27,40,44,49-50,54-55H,3-18,20,22,24-26,28-39,41-43,45-48H2,1-2H3,(H,53,56)/b21-19-,27-23-,44-40+. The predicted molar refractivity (Wildman–Crippen MR) is 250 cm³/mol. The summed E-state index contributed by atoms with van der Waals surface area (Å²) in [6.07, 6.45) is 57.2. The first-order valence-electron chi connectivity index (χ1n) is 25.3. The van der Waals surface area contributed by atoms with Crippen molar-refractivity contribution in [3.8, 4) is 0 Å². The van der Waals surface area contributed by atoms with Gasteiger partial charge in [-0.2, -0.15) is 0 Å². The zero-order valence-electron chi connectivity index (χ0n) is 38.5. The Bertz CT molecular complexity index is 946. The van der Waals surface area contributed by atoms with E-state index < -0.39 is 12.1 Å². The molecule has 0 aliphatic carbocycles. The lowest BCUT2D eigenvalue weighted by Gasteiger charge is -2.20. The molecule has 2 unspecified atom stereocenters. The molecule has 3 N–H and O–H groups in total. The van der Waals surface area contributed by atoms with Crippen molar-refractivity contribution in [1.82, 2.24) is 5.32 Å². The highest BCUT2D eigenvalue weighted by Crippen LogP contribution is 2.15. The van der Waals surface area contributed by atoms with E-state index in [4.69, 9.17) is 4.74 Å². The Kier molecular flexibility index (Phi) is 46.2. The highest BCUT2D eigenvalue weighted by Gasteiger charge is 2.18. The van der Waals surface area contributed by atoms with Gasteiger partial charge in [0.25, 0.3) is 0 Å². The third-order valence-corrected chi connectivity index (χ3v) is 11.4. The summed E-state index contributed by atoms with van der Waals surface area (Å²) in [6.45, 7) is 4.83. The fourth-order valence-corrected chi connectivity index (χ4v) is 7.50. The van der Waals surface area contributed by atoms with Crippen LogP contribution < -0.4 is 5.32 Å². The van der Waals surface area contributed by atoms with Gasteiger partial charge in [0.15, 0.2) is 0 Å². The van der Waals surface area contributed by atoms with Crippen molar-refractivity contribution >= 4 is 11.9 Å². The van der Waals surface area contributed by atoms with Gasteiger partial charge >= 0.3 is 5.97 Å². The van der Waals surface area contributed by atoms with E-state index in [-0.39, 0.29) is 18.5 Å². The number of carbonyl (C=O) groups is 2. The summed E-state index contributed by atoms with van der Waals surface area (Å²) in [6, 6.07) is -0.634. The second-order valence-electron chi connectivity index (χ2n) is 17.2. The van der Waals surface area contributed by atoms with Crippen LogP contribution in [0.5, 0.6) is 0 Å². The minimum Gasteiger partial charge on any atom is -0.466 e. The van der Waals surface area contributed by atoms with Crippen LogP contribution in [-0.2, 0) is 14.3 Å². The monoisotopic (exact) mass is 816 g/mol. The van der Waals surface area contributed by atoms with Crippen LogP contribution in [0.4, 0.5) is 0 Å². The first-order valence-corrected chi connectivity index (χ1v) is 25.3. The third-order valence-electron chi connectivity index (χ3n) is 11.4. The number of rotatable bonds is 46. The highest BCUT2D eigenvalue weighted by molar-refractivity contribution is 5.76. The van der Waals surface area contributed by atoms with Crippen LogP contribution in [-0.4, -0.2) is 47.4 Å². The minimum absolute atomic E-state index is 0.0153. The maximum atomic E-state index is 12.4. The molecule has 0 saturated carbocycles. The summed E-state index contributed by atoms with van der Waals surface area (Å²) in [5.74, 6) is -0.0953. The second kappa shape index (κ2) is 47.8. The number of unbranched alkanes of at least 4 members (excludes halogenated alkanes) is 32. The maximum absolute atomic E-state index is 12.4. The van der Waals surface area contributed by atoms with E-state index in [1.807, 2.05) is 6.08 Å². The fraction of sp³-hybridized carbons (Fsp3) is 0.846.